The molecule has 0 saturated carbocycles. The third-order valence-corrected chi connectivity index (χ3v) is 3.29. The molecule has 0 aliphatic carbocycles. The molecule has 0 aliphatic heterocycles. The van der Waals surface area contributed by atoms with Crippen molar-refractivity contribution in [1.82, 2.24) is 5.32 Å². The number of amides is 1. The summed E-state index contributed by atoms with van der Waals surface area (Å²) in [5.74, 6) is 1.96. The van der Waals surface area contributed by atoms with E-state index >= 15 is 0 Å². The van der Waals surface area contributed by atoms with Crippen LogP contribution in [-0.2, 0) is 11.2 Å². The summed E-state index contributed by atoms with van der Waals surface area (Å²) >= 11 is 1.81. The number of benzene rings is 1. The Hall–Kier alpha value is -1.00. The maximum atomic E-state index is 11.7. The summed E-state index contributed by atoms with van der Waals surface area (Å²) in [4.78, 5) is 11.7. The summed E-state index contributed by atoms with van der Waals surface area (Å²) in [6, 6.07) is 9.39. The SMILES string of the molecule is CCSCCNC(=O)[C@@H](N)Cc1ccccc1. The zero-order valence-corrected chi connectivity index (χ0v) is 11.0. The number of nitrogens with one attached hydrogen (secondary N) is 1. The molecule has 3 nitrogen and oxygen atoms in total. The van der Waals surface area contributed by atoms with Crippen LogP contribution in [-0.4, -0.2) is 30.0 Å². The van der Waals surface area contributed by atoms with Crippen LogP contribution in [0.1, 0.15) is 12.5 Å². The zero-order valence-electron chi connectivity index (χ0n) is 10.2. The average molecular weight is 252 g/mol. The largest absolute Gasteiger partial charge is 0.354 e. The first kappa shape index (κ1) is 14.1. The minimum absolute atomic E-state index is 0.0643. The van der Waals surface area contributed by atoms with Gasteiger partial charge in [-0.3, -0.25) is 4.79 Å². The number of thioether (sulfide) groups is 1. The van der Waals surface area contributed by atoms with Gasteiger partial charge in [0.15, 0.2) is 0 Å². The van der Waals surface area contributed by atoms with Gasteiger partial charge in [0.1, 0.15) is 0 Å². The van der Waals surface area contributed by atoms with Gasteiger partial charge in [-0.2, -0.15) is 11.8 Å². The molecule has 0 saturated heterocycles. The predicted octanol–water partition coefficient (Wildman–Crippen LogP) is 1.43. The molecular formula is C13H20N2OS. The van der Waals surface area contributed by atoms with Crippen LogP contribution in [0.3, 0.4) is 0 Å². The Bertz CT molecular complexity index is 329. The monoisotopic (exact) mass is 252 g/mol. The van der Waals surface area contributed by atoms with E-state index in [0.29, 0.717) is 13.0 Å². The Morgan fingerprint density at radius 3 is 2.76 bits per heavy atom. The first-order valence-corrected chi connectivity index (χ1v) is 7.04. The Kier molecular flexibility index (Phi) is 6.74. The summed E-state index contributed by atoms with van der Waals surface area (Å²) in [5, 5.41) is 2.85. The lowest BCUT2D eigenvalue weighted by atomic mass is 10.1. The summed E-state index contributed by atoms with van der Waals surface area (Å²) in [5.41, 5.74) is 6.94. The maximum absolute atomic E-state index is 11.7. The van der Waals surface area contributed by atoms with E-state index in [1.807, 2.05) is 42.1 Å². The summed E-state index contributed by atoms with van der Waals surface area (Å²) in [6.07, 6.45) is 0.591. The van der Waals surface area contributed by atoms with Crippen LogP contribution in [0.2, 0.25) is 0 Å². The van der Waals surface area contributed by atoms with E-state index < -0.39 is 6.04 Å². The fourth-order valence-electron chi connectivity index (χ4n) is 1.48. The van der Waals surface area contributed by atoms with Gasteiger partial charge in [-0.15, -0.1) is 0 Å². The molecule has 0 heterocycles. The first-order valence-electron chi connectivity index (χ1n) is 5.89. The second-order valence-corrected chi connectivity index (χ2v) is 5.18. The summed E-state index contributed by atoms with van der Waals surface area (Å²) in [7, 11) is 0. The minimum atomic E-state index is -0.455. The molecule has 1 atom stereocenters. The van der Waals surface area contributed by atoms with Crippen molar-refractivity contribution in [1.29, 1.82) is 0 Å². The standard InChI is InChI=1S/C13H20N2OS/c1-2-17-9-8-15-13(16)12(14)10-11-6-4-3-5-7-11/h3-7,12H,2,8-10,14H2,1H3,(H,15,16)/t12-/m0/s1. The maximum Gasteiger partial charge on any atom is 0.237 e. The molecule has 1 aromatic carbocycles. The molecule has 0 bridgehead atoms. The molecule has 1 amide bonds. The van der Waals surface area contributed by atoms with Crippen LogP contribution in [0, 0.1) is 0 Å². The predicted molar refractivity (Wildman–Crippen MR) is 74.1 cm³/mol. The van der Waals surface area contributed by atoms with E-state index in [0.717, 1.165) is 17.1 Å². The molecule has 0 aromatic heterocycles. The van der Waals surface area contributed by atoms with Gasteiger partial charge >= 0.3 is 0 Å². The lowest BCUT2D eigenvalue weighted by Crippen LogP contribution is -2.42. The smallest absolute Gasteiger partial charge is 0.237 e. The Labute approximate surface area is 107 Å². The van der Waals surface area contributed by atoms with Gasteiger partial charge in [0, 0.05) is 12.3 Å². The van der Waals surface area contributed by atoms with E-state index in [1.54, 1.807) is 0 Å². The highest BCUT2D eigenvalue weighted by Crippen LogP contribution is 2.02. The van der Waals surface area contributed by atoms with Crippen LogP contribution < -0.4 is 11.1 Å². The van der Waals surface area contributed by atoms with E-state index in [1.165, 1.54) is 0 Å². The number of carbonyl (C=O) groups is 1. The lowest BCUT2D eigenvalue weighted by Gasteiger charge is -2.12. The Morgan fingerprint density at radius 2 is 2.12 bits per heavy atom. The Balaban J connectivity index is 2.27. The van der Waals surface area contributed by atoms with Gasteiger partial charge < -0.3 is 11.1 Å². The third-order valence-electron chi connectivity index (χ3n) is 2.38. The molecule has 0 aliphatic rings. The van der Waals surface area contributed by atoms with Gasteiger partial charge in [-0.25, -0.2) is 0 Å². The van der Waals surface area contributed by atoms with Crippen LogP contribution in [0.15, 0.2) is 30.3 Å². The van der Waals surface area contributed by atoms with Crippen molar-refractivity contribution in [3.05, 3.63) is 35.9 Å². The Morgan fingerprint density at radius 1 is 1.41 bits per heavy atom. The van der Waals surface area contributed by atoms with Gasteiger partial charge in [-0.05, 0) is 17.7 Å². The summed E-state index contributed by atoms with van der Waals surface area (Å²) < 4.78 is 0. The van der Waals surface area contributed by atoms with Crippen LogP contribution >= 0.6 is 11.8 Å². The number of rotatable bonds is 7. The van der Waals surface area contributed by atoms with Crippen molar-refractivity contribution in [2.75, 3.05) is 18.1 Å². The molecule has 1 rings (SSSR count). The van der Waals surface area contributed by atoms with Crippen molar-refractivity contribution in [3.63, 3.8) is 0 Å². The van der Waals surface area contributed by atoms with Crippen molar-refractivity contribution in [2.24, 2.45) is 5.73 Å². The van der Waals surface area contributed by atoms with Crippen LogP contribution in [0.25, 0.3) is 0 Å². The van der Waals surface area contributed by atoms with E-state index in [2.05, 4.69) is 12.2 Å². The van der Waals surface area contributed by atoms with E-state index in [-0.39, 0.29) is 5.91 Å². The molecule has 0 spiro atoms. The molecule has 0 radical (unpaired) electrons. The highest BCUT2D eigenvalue weighted by atomic mass is 32.2. The van der Waals surface area contributed by atoms with Crippen molar-refractivity contribution in [2.45, 2.75) is 19.4 Å². The lowest BCUT2D eigenvalue weighted by molar-refractivity contribution is -0.122. The van der Waals surface area contributed by atoms with Crippen LogP contribution in [0.4, 0.5) is 0 Å². The van der Waals surface area contributed by atoms with Crippen molar-refractivity contribution in [3.8, 4) is 0 Å². The second-order valence-electron chi connectivity index (χ2n) is 3.78. The molecule has 1 aromatic rings. The van der Waals surface area contributed by atoms with Crippen molar-refractivity contribution < 1.29 is 4.79 Å². The normalized spacial score (nSPS) is 12.1. The molecule has 0 unspecified atom stereocenters. The fourth-order valence-corrected chi connectivity index (χ4v) is 2.02. The molecule has 17 heavy (non-hydrogen) atoms. The van der Waals surface area contributed by atoms with Gasteiger partial charge in [-0.1, -0.05) is 37.3 Å². The number of hydrogen-bond donors (Lipinski definition) is 2. The first-order chi connectivity index (χ1) is 8.24. The highest BCUT2D eigenvalue weighted by Gasteiger charge is 2.12. The highest BCUT2D eigenvalue weighted by molar-refractivity contribution is 7.99. The number of carbonyl (C=O) groups excluding carboxylic acids is 1. The van der Waals surface area contributed by atoms with E-state index in [4.69, 9.17) is 5.73 Å². The topological polar surface area (TPSA) is 55.1 Å². The fraction of sp³-hybridized carbons (Fsp3) is 0.462. The molecular weight excluding hydrogens is 232 g/mol. The number of hydrogen-bond acceptors (Lipinski definition) is 3. The van der Waals surface area contributed by atoms with Gasteiger partial charge in [0.25, 0.3) is 0 Å². The van der Waals surface area contributed by atoms with Crippen LogP contribution in [0.5, 0.6) is 0 Å². The second kappa shape index (κ2) is 8.14. The molecule has 4 heteroatoms. The molecule has 0 fully saturated rings. The van der Waals surface area contributed by atoms with E-state index in [9.17, 15) is 4.79 Å². The van der Waals surface area contributed by atoms with Gasteiger partial charge in [0.2, 0.25) is 5.91 Å². The third kappa shape index (κ3) is 5.75. The average Bonchev–Trinajstić information content (AvgIpc) is 2.35. The van der Waals surface area contributed by atoms with Gasteiger partial charge in [0.05, 0.1) is 6.04 Å². The van der Waals surface area contributed by atoms with Crippen molar-refractivity contribution >= 4 is 17.7 Å². The number of nitrogens with two attached hydrogens (primary N) is 1. The molecule has 3 N–H and O–H groups in total. The quantitative estimate of drug-likeness (QED) is 0.722. The summed E-state index contributed by atoms with van der Waals surface area (Å²) in [6.45, 7) is 2.80. The zero-order chi connectivity index (χ0) is 12.5. The minimum Gasteiger partial charge on any atom is -0.354 e. The molecule has 94 valence electrons.